The second-order valence-corrected chi connectivity index (χ2v) is 18.9. The molecular formula is C49H60FN9O6. The molecular weight excluding hydrogens is 830 g/mol. The highest BCUT2D eigenvalue weighted by Gasteiger charge is 2.41. The lowest BCUT2D eigenvalue weighted by Gasteiger charge is -2.33. The van der Waals surface area contributed by atoms with Crippen molar-refractivity contribution in [2.45, 2.75) is 121 Å². The predicted molar refractivity (Wildman–Crippen MR) is 243 cm³/mol. The van der Waals surface area contributed by atoms with Crippen molar-refractivity contribution < 1.29 is 33.0 Å². The molecule has 4 aliphatic rings. The number of anilines is 1. The van der Waals surface area contributed by atoms with Gasteiger partial charge in [-0.25, -0.2) is 23.9 Å². The van der Waals surface area contributed by atoms with Gasteiger partial charge in [-0.15, -0.1) is 0 Å². The highest BCUT2D eigenvalue weighted by molar-refractivity contribution is 5.87. The number of amides is 4. The molecule has 4 N–H and O–H groups in total. The Morgan fingerprint density at radius 1 is 0.631 bits per heavy atom. The number of hydrogen-bond acceptors (Lipinski definition) is 9. The van der Waals surface area contributed by atoms with Crippen LogP contribution in [0.4, 0.5) is 19.7 Å². The number of fused-ring (bicyclic) bond motifs is 2. The molecule has 3 aromatic carbocycles. The molecule has 344 valence electrons. The summed E-state index contributed by atoms with van der Waals surface area (Å²) < 4.78 is 26.2. The quantitative estimate of drug-likeness (QED) is 0.0955. The number of hydrogen-bond donors (Lipinski definition) is 4. The van der Waals surface area contributed by atoms with Gasteiger partial charge in [0.2, 0.25) is 11.8 Å². The van der Waals surface area contributed by atoms with Crippen LogP contribution >= 0.6 is 0 Å². The van der Waals surface area contributed by atoms with E-state index in [0.29, 0.717) is 36.3 Å². The third-order valence-corrected chi connectivity index (χ3v) is 14.0. The van der Waals surface area contributed by atoms with Crippen molar-refractivity contribution in [3.05, 3.63) is 88.8 Å². The smallest absolute Gasteiger partial charge is 0.407 e. The molecule has 9 rings (SSSR count). The van der Waals surface area contributed by atoms with Crippen LogP contribution in [0.25, 0.3) is 22.1 Å². The number of carbonyl (C=O) groups is 4. The number of carbonyl (C=O) groups excluding carboxylic acids is 4. The van der Waals surface area contributed by atoms with E-state index in [-0.39, 0.29) is 53.6 Å². The van der Waals surface area contributed by atoms with Crippen LogP contribution in [0.15, 0.2) is 54.6 Å². The fourth-order valence-electron chi connectivity index (χ4n) is 10.4. The lowest BCUT2D eigenvalue weighted by molar-refractivity contribution is -0.136. The zero-order valence-electron chi connectivity index (χ0n) is 38.0. The summed E-state index contributed by atoms with van der Waals surface area (Å²) >= 11 is 0. The van der Waals surface area contributed by atoms with E-state index in [1.807, 2.05) is 55.7 Å². The molecule has 5 aromatic rings. The Morgan fingerprint density at radius 3 is 1.69 bits per heavy atom. The summed E-state index contributed by atoms with van der Waals surface area (Å²) in [5, 5.41) is 5.44. The monoisotopic (exact) mass is 889 g/mol. The van der Waals surface area contributed by atoms with E-state index in [1.54, 1.807) is 6.07 Å². The Hall–Kier alpha value is -6.19. The topological polar surface area (TPSA) is 178 Å². The zero-order chi connectivity index (χ0) is 45.7. The number of likely N-dealkylation sites (tertiary alicyclic amines) is 2. The summed E-state index contributed by atoms with van der Waals surface area (Å²) in [4.78, 5) is 75.0. The summed E-state index contributed by atoms with van der Waals surface area (Å²) in [5.74, 6) is 0.947. The minimum atomic E-state index is -0.732. The summed E-state index contributed by atoms with van der Waals surface area (Å²) in [7, 11) is 2.57. The largest absolute Gasteiger partial charge is 0.453 e. The van der Waals surface area contributed by atoms with Gasteiger partial charge in [-0.05, 0) is 122 Å². The molecule has 65 heavy (non-hydrogen) atoms. The number of nitrogens with one attached hydrogen (secondary N) is 4. The second-order valence-electron chi connectivity index (χ2n) is 18.9. The van der Waals surface area contributed by atoms with Gasteiger partial charge in [0.05, 0.1) is 66.1 Å². The van der Waals surface area contributed by atoms with Crippen LogP contribution < -0.4 is 15.5 Å². The fourth-order valence-corrected chi connectivity index (χ4v) is 10.4. The number of aromatic nitrogens is 4. The molecule has 1 aliphatic carbocycles. The Kier molecular flexibility index (Phi) is 12.2. The Bertz CT molecular complexity index is 2460. The molecule has 0 spiro atoms. The van der Waals surface area contributed by atoms with Crippen molar-refractivity contribution in [3.8, 4) is 0 Å². The summed E-state index contributed by atoms with van der Waals surface area (Å²) in [5.41, 5.74) is 6.86. The number of methoxy groups -OCH3 is 2. The molecule has 0 radical (unpaired) electrons. The number of alkyl carbamates (subject to hydrolysis) is 2. The van der Waals surface area contributed by atoms with E-state index >= 15 is 4.39 Å². The molecule has 1 unspecified atom stereocenters. The Labute approximate surface area is 378 Å². The summed E-state index contributed by atoms with van der Waals surface area (Å²) in [6.07, 6.45) is 5.51. The number of imidazole rings is 2. The minimum absolute atomic E-state index is 0.144. The fraction of sp³-hybridized carbons (Fsp3) is 0.510. The molecule has 3 aliphatic heterocycles. The third kappa shape index (κ3) is 8.59. The van der Waals surface area contributed by atoms with Crippen molar-refractivity contribution in [1.29, 1.82) is 0 Å². The number of aromatic amines is 2. The van der Waals surface area contributed by atoms with Gasteiger partial charge >= 0.3 is 12.2 Å². The van der Waals surface area contributed by atoms with Crippen LogP contribution in [-0.2, 0) is 19.1 Å². The normalized spacial score (nSPS) is 22.0. The van der Waals surface area contributed by atoms with Crippen LogP contribution in [0.3, 0.4) is 0 Å². The number of rotatable bonds is 12. The summed E-state index contributed by atoms with van der Waals surface area (Å²) in [6, 6.07) is 15.8. The maximum absolute atomic E-state index is 16.5. The predicted octanol–water partition coefficient (Wildman–Crippen LogP) is 8.63. The maximum Gasteiger partial charge on any atom is 0.407 e. The van der Waals surface area contributed by atoms with Gasteiger partial charge in [0.15, 0.2) is 0 Å². The average molecular weight is 890 g/mol. The number of benzene rings is 3. The molecule has 5 heterocycles. The third-order valence-electron chi connectivity index (χ3n) is 14.0. The molecule has 3 saturated heterocycles. The van der Waals surface area contributed by atoms with Crippen LogP contribution in [0.2, 0.25) is 0 Å². The molecule has 4 amide bonds. The number of nitrogens with zero attached hydrogens (tertiary/aromatic N) is 5. The van der Waals surface area contributed by atoms with E-state index < -0.39 is 24.3 Å². The first kappa shape index (κ1) is 44.0. The SMILES string of the molecule is COC(=O)NC(C(=O)N1CCC[C@H]1c1nc2cc([C@H]3CC[C@H](c4ccc5nc([C@@H]6CCCN6C(=O)[C@@H](NC(=O)OC)C(C)C)[nH]c5c4)N3c3ccc(C4CC4)cc3F)ccc2[nH]1)C(C)C. The van der Waals surface area contributed by atoms with Gasteiger partial charge in [-0.2, -0.15) is 0 Å². The molecule has 16 heteroatoms. The van der Waals surface area contributed by atoms with Gasteiger partial charge in [-0.3, -0.25) is 9.59 Å². The summed E-state index contributed by atoms with van der Waals surface area (Å²) in [6.45, 7) is 8.71. The van der Waals surface area contributed by atoms with Crippen molar-refractivity contribution in [1.82, 2.24) is 40.4 Å². The standard InChI is InChI=1S/C49H60FN9O6/c1-26(2)42(55-48(62)64-5)46(60)57-21-7-9-40(57)44-51-33-16-13-30(24-35(33)53-44)37-19-20-38(59(37)39-18-15-29(23-32(39)50)28-11-12-28)31-14-17-34-36(25-31)54-45(52-34)41-10-8-22-58(41)47(61)43(27(3)4)56-49(63)65-6/h13-18,23-28,37-38,40-43H,7-12,19-22H2,1-6H3,(H,51,53)(H,52,54)(H,55,62)(H,56,63)/t37-,38-,40+,41+,42+,43?/m1/s1. The van der Waals surface area contributed by atoms with E-state index in [1.165, 1.54) is 14.2 Å². The highest BCUT2D eigenvalue weighted by Crippen LogP contribution is 2.50. The zero-order valence-corrected chi connectivity index (χ0v) is 38.0. The number of H-pyrrole nitrogens is 2. The first-order valence-electron chi connectivity index (χ1n) is 23.2. The Morgan fingerprint density at radius 2 is 1.15 bits per heavy atom. The first-order chi connectivity index (χ1) is 31.3. The lowest BCUT2D eigenvalue weighted by Crippen LogP contribution is -2.51. The van der Waals surface area contributed by atoms with Crippen LogP contribution in [0, 0.1) is 17.7 Å². The van der Waals surface area contributed by atoms with E-state index in [9.17, 15) is 19.2 Å². The van der Waals surface area contributed by atoms with Gasteiger partial charge in [-0.1, -0.05) is 45.9 Å². The molecule has 15 nitrogen and oxygen atoms in total. The lowest BCUT2D eigenvalue weighted by atomic mass is 10.0. The van der Waals surface area contributed by atoms with Crippen molar-refractivity contribution in [2.24, 2.45) is 11.8 Å². The Balaban J connectivity index is 1.01. The van der Waals surface area contributed by atoms with Crippen LogP contribution in [0.1, 0.15) is 137 Å². The molecule has 0 bridgehead atoms. The van der Waals surface area contributed by atoms with Crippen molar-refractivity contribution in [3.63, 3.8) is 0 Å². The van der Waals surface area contributed by atoms with Crippen LogP contribution in [0.5, 0.6) is 0 Å². The molecule has 6 atom stereocenters. The van der Waals surface area contributed by atoms with Gasteiger partial charge in [0.25, 0.3) is 0 Å². The van der Waals surface area contributed by atoms with E-state index in [4.69, 9.17) is 19.4 Å². The molecule has 2 aromatic heterocycles. The van der Waals surface area contributed by atoms with Crippen molar-refractivity contribution in [2.75, 3.05) is 32.2 Å². The van der Waals surface area contributed by atoms with Crippen LogP contribution in [-0.4, -0.2) is 93.1 Å². The van der Waals surface area contributed by atoms with Gasteiger partial charge < -0.3 is 44.8 Å². The van der Waals surface area contributed by atoms with Gasteiger partial charge in [0.1, 0.15) is 29.5 Å². The van der Waals surface area contributed by atoms with Crippen molar-refractivity contribution >= 4 is 51.8 Å². The number of halogens is 1. The molecule has 4 fully saturated rings. The van der Waals surface area contributed by atoms with E-state index in [2.05, 4.69) is 55.8 Å². The second kappa shape index (κ2) is 18.0. The first-order valence-corrected chi connectivity index (χ1v) is 23.2. The maximum atomic E-state index is 16.5. The highest BCUT2D eigenvalue weighted by atomic mass is 19.1. The minimum Gasteiger partial charge on any atom is -0.453 e. The van der Waals surface area contributed by atoms with Gasteiger partial charge in [0, 0.05) is 13.1 Å². The molecule has 1 saturated carbocycles. The average Bonchev–Trinajstić information content (AvgIpc) is 3.83. The van der Waals surface area contributed by atoms with E-state index in [0.717, 1.165) is 90.1 Å². The number of ether oxygens (including phenoxy) is 2.